The Hall–Kier alpha value is -0.910. The second-order valence-electron chi connectivity index (χ2n) is 5.96. The van der Waals surface area contributed by atoms with Crippen molar-refractivity contribution in [1.29, 1.82) is 0 Å². The second kappa shape index (κ2) is 7.20. The van der Waals surface area contributed by atoms with Gasteiger partial charge in [-0.1, -0.05) is 39.8 Å². The monoisotopic (exact) mass is 298 g/mol. The molecule has 0 amide bonds. The summed E-state index contributed by atoms with van der Waals surface area (Å²) in [4.78, 5) is 0.344. The number of rotatable bonds is 7. The van der Waals surface area contributed by atoms with Gasteiger partial charge in [0, 0.05) is 19.6 Å². The lowest BCUT2D eigenvalue weighted by Gasteiger charge is -2.25. The summed E-state index contributed by atoms with van der Waals surface area (Å²) < 4.78 is 27.0. The third-order valence-corrected chi connectivity index (χ3v) is 4.78. The molecule has 0 aliphatic rings. The van der Waals surface area contributed by atoms with Gasteiger partial charge in [-0.3, -0.25) is 0 Å². The first-order valence-corrected chi connectivity index (χ1v) is 8.50. The van der Waals surface area contributed by atoms with Gasteiger partial charge in [-0.15, -0.1) is 0 Å². The number of nitrogens with two attached hydrogens (primary N) is 1. The zero-order chi connectivity index (χ0) is 15.3. The van der Waals surface area contributed by atoms with Gasteiger partial charge in [0.05, 0.1) is 4.90 Å². The van der Waals surface area contributed by atoms with Gasteiger partial charge >= 0.3 is 0 Å². The third-order valence-electron chi connectivity index (χ3n) is 2.93. The van der Waals surface area contributed by atoms with Crippen LogP contribution in [-0.2, 0) is 16.6 Å². The Labute approximate surface area is 123 Å². The van der Waals surface area contributed by atoms with Crippen molar-refractivity contribution < 1.29 is 8.42 Å². The molecule has 0 saturated carbocycles. The van der Waals surface area contributed by atoms with Crippen molar-refractivity contribution in [2.24, 2.45) is 17.6 Å². The van der Waals surface area contributed by atoms with E-state index in [1.807, 2.05) is 27.7 Å². The average Bonchev–Trinajstić information content (AvgIpc) is 2.37. The van der Waals surface area contributed by atoms with Crippen molar-refractivity contribution >= 4 is 10.0 Å². The maximum atomic E-state index is 12.7. The predicted molar refractivity (Wildman–Crippen MR) is 82.8 cm³/mol. The van der Waals surface area contributed by atoms with Crippen molar-refractivity contribution in [1.82, 2.24) is 4.31 Å². The molecule has 5 heteroatoms. The first-order chi connectivity index (χ1) is 9.27. The van der Waals surface area contributed by atoms with E-state index in [9.17, 15) is 8.42 Å². The molecule has 4 nitrogen and oxygen atoms in total. The first kappa shape index (κ1) is 17.1. The highest BCUT2D eigenvalue weighted by Crippen LogP contribution is 2.19. The Morgan fingerprint density at radius 2 is 1.45 bits per heavy atom. The molecule has 20 heavy (non-hydrogen) atoms. The zero-order valence-electron chi connectivity index (χ0n) is 12.8. The van der Waals surface area contributed by atoms with E-state index in [0.717, 1.165) is 5.56 Å². The summed E-state index contributed by atoms with van der Waals surface area (Å²) >= 11 is 0. The fraction of sp³-hybridized carbons (Fsp3) is 0.600. The quantitative estimate of drug-likeness (QED) is 0.841. The van der Waals surface area contributed by atoms with Crippen LogP contribution < -0.4 is 5.73 Å². The molecule has 0 saturated heterocycles. The number of hydrogen-bond acceptors (Lipinski definition) is 3. The first-order valence-electron chi connectivity index (χ1n) is 7.06. The summed E-state index contributed by atoms with van der Waals surface area (Å²) in [7, 11) is -3.42. The second-order valence-corrected chi connectivity index (χ2v) is 7.90. The SMILES string of the molecule is CC(C)CN(CC(C)C)S(=O)(=O)c1ccc(CN)cc1. The van der Waals surface area contributed by atoms with Crippen molar-refractivity contribution in [2.45, 2.75) is 39.1 Å². The maximum absolute atomic E-state index is 12.7. The Morgan fingerprint density at radius 3 is 1.80 bits per heavy atom. The maximum Gasteiger partial charge on any atom is 0.243 e. The molecular weight excluding hydrogens is 272 g/mol. The molecule has 1 rings (SSSR count). The molecular formula is C15H26N2O2S. The molecule has 0 fully saturated rings. The van der Waals surface area contributed by atoms with Crippen LogP contribution in [0.2, 0.25) is 0 Å². The van der Waals surface area contributed by atoms with Gasteiger partial charge in [-0.25, -0.2) is 8.42 Å². The van der Waals surface area contributed by atoms with Crippen molar-refractivity contribution in [3.63, 3.8) is 0 Å². The third kappa shape index (κ3) is 4.58. The van der Waals surface area contributed by atoms with Gasteiger partial charge < -0.3 is 5.73 Å². The molecule has 0 aliphatic carbocycles. The Morgan fingerprint density at radius 1 is 1.00 bits per heavy atom. The van der Waals surface area contributed by atoms with E-state index >= 15 is 0 Å². The number of nitrogens with zero attached hydrogens (tertiary/aromatic N) is 1. The van der Waals surface area contributed by atoms with Crippen LogP contribution in [0.15, 0.2) is 29.2 Å². The van der Waals surface area contributed by atoms with Crippen LogP contribution in [-0.4, -0.2) is 25.8 Å². The topological polar surface area (TPSA) is 63.4 Å². The van der Waals surface area contributed by atoms with E-state index in [0.29, 0.717) is 36.4 Å². The minimum Gasteiger partial charge on any atom is -0.326 e. The van der Waals surface area contributed by atoms with Crippen LogP contribution >= 0.6 is 0 Å². The van der Waals surface area contributed by atoms with Crippen LogP contribution in [0.4, 0.5) is 0 Å². The van der Waals surface area contributed by atoms with Crippen LogP contribution in [0.1, 0.15) is 33.3 Å². The highest BCUT2D eigenvalue weighted by atomic mass is 32.2. The molecule has 2 N–H and O–H groups in total. The summed E-state index contributed by atoms with van der Waals surface area (Å²) in [6.07, 6.45) is 0. The molecule has 0 aromatic heterocycles. The van der Waals surface area contributed by atoms with E-state index in [2.05, 4.69) is 0 Å². The van der Waals surface area contributed by atoms with Gasteiger partial charge in [0.25, 0.3) is 0 Å². The average molecular weight is 298 g/mol. The minimum atomic E-state index is -3.42. The smallest absolute Gasteiger partial charge is 0.243 e. The van der Waals surface area contributed by atoms with E-state index in [4.69, 9.17) is 5.73 Å². The summed E-state index contributed by atoms with van der Waals surface area (Å²) in [6, 6.07) is 6.84. The van der Waals surface area contributed by atoms with Crippen LogP contribution in [0.3, 0.4) is 0 Å². The van der Waals surface area contributed by atoms with Crippen molar-refractivity contribution in [2.75, 3.05) is 13.1 Å². The molecule has 1 aromatic rings. The van der Waals surface area contributed by atoms with Crippen molar-refractivity contribution in [3.8, 4) is 0 Å². The van der Waals surface area contributed by atoms with Crippen LogP contribution in [0.25, 0.3) is 0 Å². The van der Waals surface area contributed by atoms with E-state index in [1.165, 1.54) is 0 Å². The van der Waals surface area contributed by atoms with E-state index in [1.54, 1.807) is 28.6 Å². The molecule has 0 aliphatic heterocycles. The number of sulfonamides is 1. The van der Waals surface area contributed by atoms with Gasteiger partial charge in [0.15, 0.2) is 0 Å². The summed E-state index contributed by atoms with van der Waals surface area (Å²) in [5.41, 5.74) is 6.47. The fourth-order valence-electron chi connectivity index (χ4n) is 2.03. The lowest BCUT2D eigenvalue weighted by Crippen LogP contribution is -2.37. The Bertz CT molecular complexity index is 497. The van der Waals surface area contributed by atoms with Crippen LogP contribution in [0.5, 0.6) is 0 Å². The molecule has 0 atom stereocenters. The minimum absolute atomic E-state index is 0.298. The summed E-state index contributed by atoms with van der Waals surface area (Å²) in [5.74, 6) is 0.596. The van der Waals surface area contributed by atoms with Crippen LogP contribution in [0, 0.1) is 11.8 Å². The molecule has 114 valence electrons. The lowest BCUT2D eigenvalue weighted by atomic mass is 10.2. The highest BCUT2D eigenvalue weighted by molar-refractivity contribution is 7.89. The van der Waals surface area contributed by atoms with E-state index < -0.39 is 10.0 Å². The predicted octanol–water partition coefficient (Wildman–Crippen LogP) is 2.45. The van der Waals surface area contributed by atoms with Gasteiger partial charge in [0.2, 0.25) is 10.0 Å². The summed E-state index contributed by atoms with van der Waals surface area (Å²) in [6.45, 7) is 9.61. The summed E-state index contributed by atoms with van der Waals surface area (Å²) in [5, 5.41) is 0. The van der Waals surface area contributed by atoms with Gasteiger partial charge in [-0.05, 0) is 29.5 Å². The molecule has 1 aromatic carbocycles. The highest BCUT2D eigenvalue weighted by Gasteiger charge is 2.25. The Kier molecular flexibility index (Phi) is 6.17. The van der Waals surface area contributed by atoms with Gasteiger partial charge in [-0.2, -0.15) is 4.31 Å². The largest absolute Gasteiger partial charge is 0.326 e. The number of benzene rings is 1. The fourth-order valence-corrected chi connectivity index (χ4v) is 3.80. The molecule has 0 bridgehead atoms. The standard InChI is InChI=1S/C15H26N2O2S/c1-12(2)10-17(11-13(3)4)20(18,19)15-7-5-14(9-16)6-8-15/h5-8,12-13H,9-11,16H2,1-4H3. The normalized spacial score (nSPS) is 12.6. The zero-order valence-corrected chi connectivity index (χ0v) is 13.7. The lowest BCUT2D eigenvalue weighted by molar-refractivity contribution is 0.333. The van der Waals surface area contributed by atoms with Gasteiger partial charge in [0.1, 0.15) is 0 Å². The molecule has 0 unspecified atom stereocenters. The Balaban J connectivity index is 3.07. The molecule has 0 radical (unpaired) electrons. The van der Waals surface area contributed by atoms with Crippen molar-refractivity contribution in [3.05, 3.63) is 29.8 Å². The molecule has 0 spiro atoms. The molecule has 0 heterocycles. The van der Waals surface area contributed by atoms with E-state index in [-0.39, 0.29) is 0 Å². The number of hydrogen-bond donors (Lipinski definition) is 1.